The lowest BCUT2D eigenvalue weighted by Crippen LogP contribution is -2.37. The maximum Gasteiger partial charge on any atom is 0.176 e. The molecule has 0 radical (unpaired) electrons. The number of carbonyl (C=O) groups is 1. The highest BCUT2D eigenvalue weighted by Gasteiger charge is 2.20. The second kappa shape index (κ2) is 6.01. The van der Waals surface area contributed by atoms with Crippen LogP contribution in [0, 0.1) is 0 Å². The fraction of sp³-hybridized carbons (Fsp3) is 0.533. The van der Waals surface area contributed by atoms with Crippen LogP contribution in [0.15, 0.2) is 24.3 Å². The highest BCUT2D eigenvalue weighted by molar-refractivity contribution is 5.97. The Hall–Kier alpha value is -1.35. The van der Waals surface area contributed by atoms with Gasteiger partial charge in [0.25, 0.3) is 0 Å². The summed E-state index contributed by atoms with van der Waals surface area (Å²) in [5.74, 6) is 0.183. The third kappa shape index (κ3) is 3.33. The van der Waals surface area contributed by atoms with E-state index in [2.05, 4.69) is 11.9 Å². The van der Waals surface area contributed by atoms with E-state index >= 15 is 0 Å². The van der Waals surface area contributed by atoms with Gasteiger partial charge in [0.2, 0.25) is 0 Å². The summed E-state index contributed by atoms with van der Waals surface area (Å²) in [7, 11) is 2.06. The van der Waals surface area contributed by atoms with Crippen LogP contribution in [-0.4, -0.2) is 30.3 Å². The van der Waals surface area contributed by atoms with Gasteiger partial charge >= 0.3 is 0 Å². The maximum atomic E-state index is 12.1. The van der Waals surface area contributed by atoms with Crippen molar-refractivity contribution in [2.75, 3.05) is 19.3 Å². The molecule has 1 saturated carbocycles. The molecule has 3 nitrogen and oxygen atoms in total. The number of benzene rings is 1. The van der Waals surface area contributed by atoms with E-state index in [9.17, 15) is 4.79 Å². The molecule has 1 aliphatic carbocycles. The van der Waals surface area contributed by atoms with Crippen LogP contribution in [0.3, 0.4) is 0 Å². The molecule has 2 N–H and O–H groups in total. The molecular weight excluding hydrogens is 224 g/mol. The lowest BCUT2D eigenvalue weighted by molar-refractivity contribution is 0.0899. The van der Waals surface area contributed by atoms with Crippen LogP contribution in [0.2, 0.25) is 0 Å². The van der Waals surface area contributed by atoms with Crippen molar-refractivity contribution in [3.63, 3.8) is 0 Å². The molecule has 1 aromatic carbocycles. The molecule has 98 valence electrons. The number of anilines is 1. The predicted molar refractivity (Wildman–Crippen MR) is 74.7 cm³/mol. The van der Waals surface area contributed by atoms with Crippen molar-refractivity contribution in [1.29, 1.82) is 0 Å². The molecule has 1 aliphatic rings. The maximum absolute atomic E-state index is 12.1. The average Bonchev–Trinajstić information content (AvgIpc) is 2.40. The molecule has 18 heavy (non-hydrogen) atoms. The average molecular weight is 246 g/mol. The van der Waals surface area contributed by atoms with Gasteiger partial charge in [-0.25, -0.2) is 0 Å². The zero-order valence-electron chi connectivity index (χ0n) is 11.1. The van der Waals surface area contributed by atoms with E-state index in [0.717, 1.165) is 5.56 Å². The molecule has 0 unspecified atom stereocenters. The molecule has 2 rings (SSSR count). The first-order chi connectivity index (χ1) is 8.66. The predicted octanol–water partition coefficient (Wildman–Crippen LogP) is 2.72. The van der Waals surface area contributed by atoms with E-state index in [0.29, 0.717) is 18.3 Å². The Morgan fingerprint density at radius 1 is 1.22 bits per heavy atom. The normalized spacial score (nSPS) is 17.0. The Morgan fingerprint density at radius 2 is 1.83 bits per heavy atom. The third-order valence-corrected chi connectivity index (χ3v) is 3.82. The number of nitrogens with zero attached hydrogens (tertiary/aromatic N) is 1. The number of likely N-dealkylation sites (N-methyl/N-ethyl adjacent to an activating group) is 1. The molecule has 0 spiro atoms. The second-order valence-electron chi connectivity index (χ2n) is 5.25. The third-order valence-electron chi connectivity index (χ3n) is 3.82. The largest absolute Gasteiger partial charge is 0.399 e. The molecule has 0 saturated heterocycles. The van der Waals surface area contributed by atoms with E-state index in [4.69, 9.17) is 5.73 Å². The summed E-state index contributed by atoms with van der Waals surface area (Å²) in [4.78, 5) is 14.3. The fourth-order valence-corrected chi connectivity index (χ4v) is 2.64. The number of carbonyl (C=O) groups excluding carboxylic acids is 1. The van der Waals surface area contributed by atoms with E-state index in [1.165, 1.54) is 32.1 Å². The monoisotopic (exact) mass is 246 g/mol. The Bertz CT molecular complexity index is 393. The molecule has 1 aromatic rings. The van der Waals surface area contributed by atoms with Crippen molar-refractivity contribution < 1.29 is 4.79 Å². The summed E-state index contributed by atoms with van der Waals surface area (Å²) in [5.41, 5.74) is 7.08. The number of hydrogen-bond donors (Lipinski definition) is 1. The van der Waals surface area contributed by atoms with Crippen LogP contribution in [0.1, 0.15) is 42.5 Å². The first-order valence-electron chi connectivity index (χ1n) is 6.76. The Morgan fingerprint density at radius 3 is 2.44 bits per heavy atom. The Kier molecular flexibility index (Phi) is 4.37. The van der Waals surface area contributed by atoms with Crippen LogP contribution >= 0.6 is 0 Å². The van der Waals surface area contributed by atoms with Gasteiger partial charge in [0.15, 0.2) is 5.78 Å². The van der Waals surface area contributed by atoms with Gasteiger partial charge in [-0.1, -0.05) is 19.3 Å². The van der Waals surface area contributed by atoms with E-state index in [1.54, 1.807) is 12.1 Å². The number of hydrogen-bond acceptors (Lipinski definition) is 3. The summed E-state index contributed by atoms with van der Waals surface area (Å²) in [6, 6.07) is 7.77. The summed E-state index contributed by atoms with van der Waals surface area (Å²) in [6.07, 6.45) is 6.39. The quantitative estimate of drug-likeness (QED) is 0.656. The molecule has 0 aromatic heterocycles. The van der Waals surface area contributed by atoms with Crippen molar-refractivity contribution in [2.45, 2.75) is 38.1 Å². The highest BCUT2D eigenvalue weighted by atomic mass is 16.1. The molecule has 0 aliphatic heterocycles. The minimum absolute atomic E-state index is 0.183. The van der Waals surface area contributed by atoms with Crippen LogP contribution in [0.4, 0.5) is 5.69 Å². The molecular formula is C15H22N2O. The van der Waals surface area contributed by atoms with Crippen molar-refractivity contribution >= 4 is 11.5 Å². The molecule has 0 heterocycles. The summed E-state index contributed by atoms with van der Waals surface area (Å²) < 4.78 is 0. The number of nitrogens with two attached hydrogens (primary N) is 1. The number of ketones is 1. The van der Waals surface area contributed by atoms with Gasteiger partial charge in [0, 0.05) is 17.3 Å². The molecule has 0 bridgehead atoms. The standard InChI is InChI=1S/C15H22N2O/c1-17(14-5-3-2-4-6-14)11-15(18)12-7-9-13(16)10-8-12/h7-10,14H,2-6,11,16H2,1H3. The van der Waals surface area contributed by atoms with Crippen LogP contribution in [0.25, 0.3) is 0 Å². The van der Waals surface area contributed by atoms with Gasteiger partial charge in [-0.3, -0.25) is 9.69 Å². The fourth-order valence-electron chi connectivity index (χ4n) is 2.64. The molecule has 1 fully saturated rings. The van der Waals surface area contributed by atoms with Crippen molar-refractivity contribution in [3.8, 4) is 0 Å². The number of Topliss-reactive ketones (excluding diaryl/α,β-unsaturated/α-hetero) is 1. The summed E-state index contributed by atoms with van der Waals surface area (Å²) in [6.45, 7) is 0.509. The minimum atomic E-state index is 0.183. The van der Waals surface area contributed by atoms with Gasteiger partial charge in [-0.2, -0.15) is 0 Å². The lowest BCUT2D eigenvalue weighted by atomic mass is 9.94. The zero-order chi connectivity index (χ0) is 13.0. The van der Waals surface area contributed by atoms with Gasteiger partial charge in [0.05, 0.1) is 6.54 Å². The summed E-state index contributed by atoms with van der Waals surface area (Å²) in [5, 5.41) is 0. The smallest absolute Gasteiger partial charge is 0.176 e. The lowest BCUT2D eigenvalue weighted by Gasteiger charge is -2.30. The zero-order valence-corrected chi connectivity index (χ0v) is 11.1. The van der Waals surface area contributed by atoms with E-state index in [-0.39, 0.29) is 5.78 Å². The van der Waals surface area contributed by atoms with Gasteiger partial charge in [0.1, 0.15) is 0 Å². The summed E-state index contributed by atoms with van der Waals surface area (Å²) >= 11 is 0. The second-order valence-corrected chi connectivity index (χ2v) is 5.25. The minimum Gasteiger partial charge on any atom is -0.399 e. The SMILES string of the molecule is CN(CC(=O)c1ccc(N)cc1)C1CCCCC1. The van der Waals surface area contributed by atoms with E-state index < -0.39 is 0 Å². The number of rotatable bonds is 4. The van der Waals surface area contributed by atoms with Crippen molar-refractivity contribution in [3.05, 3.63) is 29.8 Å². The first kappa shape index (κ1) is 13.1. The molecule has 0 atom stereocenters. The molecule has 0 amide bonds. The molecule has 3 heteroatoms. The van der Waals surface area contributed by atoms with Gasteiger partial charge in [-0.15, -0.1) is 0 Å². The van der Waals surface area contributed by atoms with Crippen molar-refractivity contribution in [2.24, 2.45) is 0 Å². The Balaban J connectivity index is 1.91. The van der Waals surface area contributed by atoms with Gasteiger partial charge < -0.3 is 5.73 Å². The van der Waals surface area contributed by atoms with Crippen molar-refractivity contribution in [1.82, 2.24) is 4.90 Å². The Labute approximate surface area is 109 Å². The van der Waals surface area contributed by atoms with Crippen LogP contribution < -0.4 is 5.73 Å². The first-order valence-corrected chi connectivity index (χ1v) is 6.76. The highest BCUT2D eigenvalue weighted by Crippen LogP contribution is 2.21. The van der Waals surface area contributed by atoms with Gasteiger partial charge in [-0.05, 0) is 44.2 Å². The van der Waals surface area contributed by atoms with Crippen LogP contribution in [-0.2, 0) is 0 Å². The topological polar surface area (TPSA) is 46.3 Å². The van der Waals surface area contributed by atoms with Crippen LogP contribution in [0.5, 0.6) is 0 Å². The number of nitrogen functional groups attached to an aromatic ring is 1. The van der Waals surface area contributed by atoms with E-state index in [1.807, 2.05) is 12.1 Å².